The smallest absolute Gasteiger partial charge is 0.245 e. The average Bonchev–Trinajstić information content (AvgIpc) is 2.14. The van der Waals surface area contributed by atoms with Crippen molar-refractivity contribution in [3.8, 4) is 0 Å². The molecule has 1 rings (SSSR count). The van der Waals surface area contributed by atoms with Crippen molar-refractivity contribution in [3.63, 3.8) is 0 Å². The Morgan fingerprint density at radius 3 is 3.08 bits per heavy atom. The van der Waals surface area contributed by atoms with Gasteiger partial charge in [0.15, 0.2) is 0 Å². The Labute approximate surface area is 75.9 Å². The van der Waals surface area contributed by atoms with E-state index < -0.39 is 5.91 Å². The Kier molecular flexibility index (Phi) is 3.87. The molecule has 1 heterocycles. The van der Waals surface area contributed by atoms with Crippen molar-refractivity contribution in [3.05, 3.63) is 30.1 Å². The molecule has 0 saturated heterocycles. The first-order chi connectivity index (χ1) is 6.29. The maximum atomic E-state index is 10.3. The standard InChI is InChI=1S/C8H11N3O2/c9-8(12)6-13-11-5-7-3-1-2-4-10-7/h1-4,11H,5-6H2,(H2,9,12). The van der Waals surface area contributed by atoms with E-state index in [1.165, 1.54) is 0 Å². The van der Waals surface area contributed by atoms with Crippen molar-refractivity contribution in [2.75, 3.05) is 6.61 Å². The Bertz CT molecular complexity index is 263. The Balaban J connectivity index is 2.17. The third-order valence-electron chi connectivity index (χ3n) is 1.30. The fourth-order valence-corrected chi connectivity index (χ4v) is 0.750. The van der Waals surface area contributed by atoms with Crippen molar-refractivity contribution in [2.24, 2.45) is 5.73 Å². The van der Waals surface area contributed by atoms with Gasteiger partial charge in [0.2, 0.25) is 5.91 Å². The summed E-state index contributed by atoms with van der Waals surface area (Å²) >= 11 is 0. The predicted octanol–water partition coefficient (Wildman–Crippen LogP) is -0.412. The maximum absolute atomic E-state index is 10.3. The van der Waals surface area contributed by atoms with E-state index in [4.69, 9.17) is 10.6 Å². The molecule has 0 saturated carbocycles. The van der Waals surface area contributed by atoms with E-state index in [9.17, 15) is 4.79 Å². The van der Waals surface area contributed by atoms with Crippen LogP contribution in [-0.2, 0) is 16.2 Å². The third kappa shape index (κ3) is 4.19. The minimum Gasteiger partial charge on any atom is -0.368 e. The number of nitrogens with one attached hydrogen (secondary N) is 1. The normalized spacial score (nSPS) is 9.85. The molecule has 13 heavy (non-hydrogen) atoms. The summed E-state index contributed by atoms with van der Waals surface area (Å²) in [5.41, 5.74) is 8.26. The summed E-state index contributed by atoms with van der Waals surface area (Å²) in [6.07, 6.45) is 1.69. The van der Waals surface area contributed by atoms with E-state index >= 15 is 0 Å². The second kappa shape index (κ2) is 5.23. The van der Waals surface area contributed by atoms with E-state index in [0.717, 1.165) is 5.69 Å². The number of carbonyl (C=O) groups excluding carboxylic acids is 1. The van der Waals surface area contributed by atoms with Crippen LogP contribution in [0.1, 0.15) is 5.69 Å². The zero-order valence-electron chi connectivity index (χ0n) is 7.06. The molecule has 0 aromatic carbocycles. The highest BCUT2D eigenvalue weighted by Crippen LogP contribution is 1.91. The fraction of sp³-hybridized carbons (Fsp3) is 0.250. The molecule has 5 heteroatoms. The Hall–Kier alpha value is -1.46. The number of nitrogens with two attached hydrogens (primary N) is 1. The molecule has 5 nitrogen and oxygen atoms in total. The van der Waals surface area contributed by atoms with Gasteiger partial charge in [-0.1, -0.05) is 6.07 Å². The number of hydrogen-bond donors (Lipinski definition) is 2. The summed E-state index contributed by atoms with van der Waals surface area (Å²) in [6, 6.07) is 5.55. The first-order valence-corrected chi connectivity index (χ1v) is 3.82. The van der Waals surface area contributed by atoms with Crippen LogP contribution in [0.15, 0.2) is 24.4 Å². The molecule has 1 aromatic heterocycles. The number of pyridine rings is 1. The van der Waals surface area contributed by atoms with Gasteiger partial charge in [-0.25, -0.2) is 0 Å². The van der Waals surface area contributed by atoms with Gasteiger partial charge in [-0.05, 0) is 12.1 Å². The molecule has 70 valence electrons. The summed E-state index contributed by atoms with van der Waals surface area (Å²) in [5.74, 6) is -0.506. The van der Waals surface area contributed by atoms with Crippen LogP contribution < -0.4 is 11.2 Å². The van der Waals surface area contributed by atoms with Gasteiger partial charge in [-0.2, -0.15) is 5.48 Å². The molecule has 0 radical (unpaired) electrons. The van der Waals surface area contributed by atoms with Gasteiger partial charge in [0.1, 0.15) is 6.61 Å². The van der Waals surface area contributed by atoms with Crippen LogP contribution in [-0.4, -0.2) is 17.5 Å². The lowest BCUT2D eigenvalue weighted by Crippen LogP contribution is -2.24. The van der Waals surface area contributed by atoms with Gasteiger partial charge >= 0.3 is 0 Å². The summed E-state index contributed by atoms with van der Waals surface area (Å²) in [7, 11) is 0. The van der Waals surface area contributed by atoms with Gasteiger partial charge in [0, 0.05) is 6.20 Å². The molecule has 1 aromatic rings. The zero-order chi connectivity index (χ0) is 9.52. The second-order valence-corrected chi connectivity index (χ2v) is 2.40. The van der Waals surface area contributed by atoms with Crippen LogP contribution >= 0.6 is 0 Å². The number of hydroxylamine groups is 1. The van der Waals surface area contributed by atoms with Crippen LogP contribution in [0, 0.1) is 0 Å². The zero-order valence-corrected chi connectivity index (χ0v) is 7.06. The van der Waals surface area contributed by atoms with Crippen LogP contribution in [0.25, 0.3) is 0 Å². The highest BCUT2D eigenvalue weighted by molar-refractivity contribution is 5.74. The van der Waals surface area contributed by atoms with E-state index in [-0.39, 0.29) is 6.61 Å². The fourth-order valence-electron chi connectivity index (χ4n) is 0.750. The lowest BCUT2D eigenvalue weighted by Gasteiger charge is -2.02. The van der Waals surface area contributed by atoms with Crippen molar-refractivity contribution >= 4 is 5.91 Å². The molecule has 3 N–H and O–H groups in total. The quantitative estimate of drug-likeness (QED) is 0.478. The maximum Gasteiger partial charge on any atom is 0.245 e. The lowest BCUT2D eigenvalue weighted by molar-refractivity contribution is -0.125. The number of primary amides is 1. The van der Waals surface area contributed by atoms with Gasteiger partial charge in [0.25, 0.3) is 0 Å². The molecule has 1 amide bonds. The monoisotopic (exact) mass is 181 g/mol. The van der Waals surface area contributed by atoms with Crippen LogP contribution in [0.3, 0.4) is 0 Å². The van der Waals surface area contributed by atoms with Crippen molar-refractivity contribution in [1.29, 1.82) is 0 Å². The van der Waals surface area contributed by atoms with Crippen LogP contribution in [0.2, 0.25) is 0 Å². The van der Waals surface area contributed by atoms with E-state index in [0.29, 0.717) is 6.54 Å². The summed E-state index contributed by atoms with van der Waals surface area (Å²) in [4.78, 5) is 19.0. The lowest BCUT2D eigenvalue weighted by atomic mass is 10.4. The molecule has 0 spiro atoms. The number of hydrogen-bond acceptors (Lipinski definition) is 4. The first kappa shape index (κ1) is 9.63. The van der Waals surface area contributed by atoms with Gasteiger partial charge in [0.05, 0.1) is 12.2 Å². The van der Waals surface area contributed by atoms with Gasteiger partial charge in [-0.15, -0.1) is 0 Å². The van der Waals surface area contributed by atoms with E-state index in [1.54, 1.807) is 6.20 Å². The van der Waals surface area contributed by atoms with Crippen molar-refractivity contribution in [2.45, 2.75) is 6.54 Å². The van der Waals surface area contributed by atoms with Crippen molar-refractivity contribution < 1.29 is 9.63 Å². The van der Waals surface area contributed by atoms with Crippen LogP contribution in [0.5, 0.6) is 0 Å². The minimum atomic E-state index is -0.506. The number of aromatic nitrogens is 1. The number of amides is 1. The highest BCUT2D eigenvalue weighted by atomic mass is 16.6. The van der Waals surface area contributed by atoms with Gasteiger partial charge < -0.3 is 5.73 Å². The third-order valence-corrected chi connectivity index (χ3v) is 1.30. The summed E-state index contributed by atoms with van der Waals surface area (Å²) in [5, 5.41) is 0. The average molecular weight is 181 g/mol. The molecular weight excluding hydrogens is 170 g/mol. The minimum absolute atomic E-state index is 0.132. The summed E-state index contributed by atoms with van der Waals surface area (Å²) in [6.45, 7) is 0.320. The Morgan fingerprint density at radius 2 is 2.46 bits per heavy atom. The number of nitrogens with zero attached hydrogens (tertiary/aromatic N) is 1. The van der Waals surface area contributed by atoms with E-state index in [2.05, 4.69) is 10.5 Å². The SMILES string of the molecule is NC(=O)CONCc1ccccn1. The molecule has 0 unspecified atom stereocenters. The number of carbonyl (C=O) groups is 1. The van der Waals surface area contributed by atoms with Gasteiger partial charge in [-0.3, -0.25) is 14.6 Å². The molecule has 0 aliphatic rings. The van der Waals surface area contributed by atoms with E-state index in [1.807, 2.05) is 18.2 Å². The molecular formula is C8H11N3O2. The topological polar surface area (TPSA) is 77.2 Å². The molecule has 0 aliphatic heterocycles. The van der Waals surface area contributed by atoms with Crippen LogP contribution in [0.4, 0.5) is 0 Å². The molecule has 0 atom stereocenters. The number of rotatable bonds is 5. The predicted molar refractivity (Wildman–Crippen MR) is 46.2 cm³/mol. The van der Waals surface area contributed by atoms with Crippen molar-refractivity contribution in [1.82, 2.24) is 10.5 Å². The Morgan fingerprint density at radius 1 is 1.62 bits per heavy atom. The molecule has 0 bridgehead atoms. The molecule has 0 aliphatic carbocycles. The largest absolute Gasteiger partial charge is 0.368 e. The highest BCUT2D eigenvalue weighted by Gasteiger charge is 1.94. The second-order valence-electron chi connectivity index (χ2n) is 2.40. The first-order valence-electron chi connectivity index (χ1n) is 3.82. The molecule has 0 fully saturated rings. The summed E-state index contributed by atoms with van der Waals surface area (Å²) < 4.78 is 0.